The Labute approximate surface area is 379 Å². The summed E-state index contributed by atoms with van der Waals surface area (Å²) >= 11 is 12.8. The number of sulfone groups is 1. The lowest BCUT2D eigenvalue weighted by Crippen LogP contribution is -2.47. The number of carbonyl (C=O) groups excluding carboxylic acids is 1. The average Bonchev–Trinajstić information content (AvgIpc) is 3.22. The van der Waals surface area contributed by atoms with E-state index in [-0.39, 0.29) is 16.7 Å². The first kappa shape index (κ1) is 47.8. The van der Waals surface area contributed by atoms with E-state index < -0.39 is 46.3 Å². The molecule has 1 amide bonds. The standard InChI is InChI=1S/C45H53Cl2F2N5O5S3/c1-44(2)22-20-34(40(29-44)32-10-14-35(46)15-11-32)30-53-24-26-54(27-25-53)37-16-12-33(13-17-37)43(55)51-62(58,59)39-18-19-41(42(28-39)61(56,57)45(47,48)49)50-36(21-23-52(3)4)31-60-38-8-6-5-7-9-38/h5-19,28,36,50H,20-27,29-31H2,1-4H3,(H,51,55)/t36-/m1/s1. The van der Waals surface area contributed by atoms with Crippen LogP contribution in [0.1, 0.15) is 55.5 Å². The number of anilines is 2. The number of allylic oxidation sites excluding steroid dienone is 1. The van der Waals surface area contributed by atoms with E-state index in [2.05, 4.69) is 41.1 Å². The molecule has 0 unspecified atom stereocenters. The van der Waals surface area contributed by atoms with Gasteiger partial charge >= 0.3 is 4.71 Å². The van der Waals surface area contributed by atoms with E-state index in [1.165, 1.54) is 40.6 Å². The molecule has 4 aromatic carbocycles. The van der Waals surface area contributed by atoms with Crippen molar-refractivity contribution in [2.24, 2.45) is 5.41 Å². The number of sulfonamides is 1. The van der Waals surface area contributed by atoms with Gasteiger partial charge in [-0.05, 0) is 141 Å². The number of piperazine rings is 1. The van der Waals surface area contributed by atoms with Crippen LogP contribution in [0.2, 0.25) is 5.02 Å². The molecule has 334 valence electrons. The molecule has 2 N–H and O–H groups in total. The minimum Gasteiger partial charge on any atom is -0.380 e. The van der Waals surface area contributed by atoms with Crippen LogP contribution in [-0.2, 0) is 19.9 Å². The van der Waals surface area contributed by atoms with Gasteiger partial charge in [0, 0.05) is 65.7 Å². The monoisotopic (exact) mass is 947 g/mol. The molecule has 0 spiro atoms. The Kier molecular flexibility index (Phi) is 15.4. The van der Waals surface area contributed by atoms with Gasteiger partial charge in [0.25, 0.3) is 25.8 Å². The van der Waals surface area contributed by atoms with Crippen molar-refractivity contribution >= 4 is 77.7 Å². The van der Waals surface area contributed by atoms with E-state index in [4.69, 9.17) is 23.2 Å². The fourth-order valence-corrected chi connectivity index (χ4v) is 11.0. The molecule has 1 heterocycles. The summed E-state index contributed by atoms with van der Waals surface area (Å²) < 4.78 is 79.6. The van der Waals surface area contributed by atoms with Crippen LogP contribution in [0.15, 0.2) is 117 Å². The van der Waals surface area contributed by atoms with Crippen LogP contribution >= 0.6 is 35.0 Å². The Hall–Kier alpha value is -3.70. The van der Waals surface area contributed by atoms with Crippen molar-refractivity contribution in [2.45, 2.75) is 65.0 Å². The van der Waals surface area contributed by atoms with E-state index in [1.54, 1.807) is 12.1 Å². The zero-order valence-corrected chi connectivity index (χ0v) is 39.2. The van der Waals surface area contributed by atoms with Gasteiger partial charge in [0.05, 0.1) is 15.5 Å². The number of hydrogen-bond acceptors (Lipinski definition) is 10. The Balaban J connectivity index is 1.12. The van der Waals surface area contributed by atoms with Gasteiger partial charge in [0.1, 0.15) is 0 Å². The summed E-state index contributed by atoms with van der Waals surface area (Å²) in [7, 11) is -6.61. The molecule has 0 bridgehead atoms. The third kappa shape index (κ3) is 12.3. The number of rotatable bonds is 17. The first-order valence-electron chi connectivity index (χ1n) is 20.4. The molecule has 1 atom stereocenters. The normalized spacial score (nSPS) is 17.0. The Morgan fingerprint density at radius 1 is 0.919 bits per heavy atom. The molecule has 4 aromatic rings. The summed E-state index contributed by atoms with van der Waals surface area (Å²) in [6.45, 7) is 9.31. The van der Waals surface area contributed by atoms with Gasteiger partial charge in [-0.2, -0.15) is 8.78 Å². The molecule has 1 aliphatic heterocycles. The fourth-order valence-electron chi connectivity index (χ4n) is 7.64. The van der Waals surface area contributed by atoms with Gasteiger partial charge in [0.15, 0.2) is 0 Å². The molecule has 10 nitrogen and oxygen atoms in total. The van der Waals surface area contributed by atoms with E-state index in [0.29, 0.717) is 24.8 Å². The van der Waals surface area contributed by atoms with Crippen molar-refractivity contribution in [1.82, 2.24) is 14.5 Å². The molecule has 1 saturated heterocycles. The van der Waals surface area contributed by atoms with Crippen LogP contribution in [0, 0.1) is 5.41 Å². The van der Waals surface area contributed by atoms with Gasteiger partial charge in [-0.1, -0.05) is 61.4 Å². The van der Waals surface area contributed by atoms with Crippen molar-refractivity contribution in [1.29, 1.82) is 0 Å². The third-order valence-corrected chi connectivity index (χ3v) is 16.1. The molecular weight excluding hydrogens is 896 g/mol. The molecule has 1 fully saturated rings. The van der Waals surface area contributed by atoms with E-state index in [1.807, 2.05) is 66.2 Å². The second kappa shape index (κ2) is 20.0. The second-order valence-corrected chi connectivity index (χ2v) is 22.7. The number of hydrogen-bond donors (Lipinski definition) is 2. The summed E-state index contributed by atoms with van der Waals surface area (Å²) in [5, 5.41) is 3.77. The van der Waals surface area contributed by atoms with E-state index in [0.717, 1.165) is 79.7 Å². The van der Waals surface area contributed by atoms with Crippen molar-refractivity contribution in [2.75, 3.05) is 69.3 Å². The minimum atomic E-state index is -5.60. The summed E-state index contributed by atoms with van der Waals surface area (Å²) in [6.07, 6.45) is 3.69. The predicted molar refractivity (Wildman–Crippen MR) is 248 cm³/mol. The first-order chi connectivity index (χ1) is 29.2. The Morgan fingerprint density at radius 3 is 2.21 bits per heavy atom. The average molecular weight is 949 g/mol. The largest absolute Gasteiger partial charge is 0.427 e. The number of nitrogens with zero attached hydrogens (tertiary/aromatic N) is 3. The highest BCUT2D eigenvalue weighted by molar-refractivity contribution is 7.99. The SMILES string of the molecule is CN(C)CC[C@H](CSc1ccccc1)Nc1ccc(S(=O)(=O)NC(=O)c2ccc(N3CCN(CC4=C(c5ccc(Cl)cc5)CC(C)(C)CC4)CC3)cc2)cc1S(=O)(=O)C(F)(F)Cl. The van der Waals surface area contributed by atoms with Crippen molar-refractivity contribution in [3.05, 3.63) is 119 Å². The van der Waals surface area contributed by atoms with Crippen LogP contribution < -0.4 is 14.9 Å². The van der Waals surface area contributed by atoms with Crippen LogP contribution in [0.25, 0.3) is 5.57 Å². The summed E-state index contributed by atoms with van der Waals surface area (Å²) in [5.74, 6) is -0.540. The number of amides is 1. The zero-order chi connectivity index (χ0) is 44.9. The lowest BCUT2D eigenvalue weighted by atomic mass is 9.72. The number of benzene rings is 4. The van der Waals surface area contributed by atoms with E-state index in [9.17, 15) is 30.4 Å². The maximum absolute atomic E-state index is 14.5. The molecule has 0 aromatic heterocycles. The molecule has 0 saturated carbocycles. The van der Waals surface area contributed by atoms with Crippen LogP contribution in [0.3, 0.4) is 0 Å². The quantitative estimate of drug-likeness (QED) is 0.0784. The smallest absolute Gasteiger partial charge is 0.380 e. The summed E-state index contributed by atoms with van der Waals surface area (Å²) in [5.41, 5.74) is 4.98. The number of alkyl halides is 3. The number of carbonyl (C=O) groups is 1. The van der Waals surface area contributed by atoms with Crippen molar-refractivity contribution in [3.63, 3.8) is 0 Å². The van der Waals surface area contributed by atoms with Crippen LogP contribution in [0.5, 0.6) is 0 Å². The highest BCUT2D eigenvalue weighted by Crippen LogP contribution is 2.43. The maximum Gasteiger partial charge on any atom is 0.427 e. The number of thioether (sulfide) groups is 1. The molecule has 17 heteroatoms. The highest BCUT2D eigenvalue weighted by atomic mass is 35.5. The maximum atomic E-state index is 14.5. The topological polar surface area (TPSA) is 119 Å². The fraction of sp³-hybridized carbons (Fsp3) is 0.400. The number of halogens is 4. The molecule has 62 heavy (non-hydrogen) atoms. The molecule has 1 aliphatic carbocycles. The molecular formula is C45H53Cl2F2N5O5S3. The molecule has 2 aliphatic rings. The van der Waals surface area contributed by atoms with Gasteiger partial charge < -0.3 is 15.1 Å². The predicted octanol–water partition coefficient (Wildman–Crippen LogP) is 9.33. The minimum absolute atomic E-state index is 0.0379. The Bertz CT molecular complexity index is 2440. The van der Waals surface area contributed by atoms with Crippen LogP contribution in [0.4, 0.5) is 20.2 Å². The highest BCUT2D eigenvalue weighted by Gasteiger charge is 2.46. The zero-order valence-electron chi connectivity index (χ0n) is 35.2. The first-order valence-corrected chi connectivity index (χ1v) is 25.1. The van der Waals surface area contributed by atoms with Crippen LogP contribution in [-0.4, -0.2) is 102 Å². The summed E-state index contributed by atoms with van der Waals surface area (Å²) in [6, 6.07) is 26.4. The lowest BCUT2D eigenvalue weighted by molar-refractivity contribution is 0.0981. The van der Waals surface area contributed by atoms with Gasteiger partial charge in [-0.25, -0.2) is 21.6 Å². The van der Waals surface area contributed by atoms with E-state index >= 15 is 0 Å². The number of nitrogens with one attached hydrogen (secondary N) is 2. The van der Waals surface area contributed by atoms with Crippen molar-refractivity contribution in [3.8, 4) is 0 Å². The Morgan fingerprint density at radius 2 is 1.58 bits per heavy atom. The second-order valence-electron chi connectivity index (χ2n) is 16.8. The third-order valence-electron chi connectivity index (χ3n) is 11.2. The van der Waals surface area contributed by atoms with Gasteiger partial charge in [0.2, 0.25) is 0 Å². The van der Waals surface area contributed by atoms with Gasteiger partial charge in [-0.3, -0.25) is 9.69 Å². The lowest BCUT2D eigenvalue weighted by Gasteiger charge is -2.39. The summed E-state index contributed by atoms with van der Waals surface area (Å²) in [4.78, 5) is 19.1. The molecule has 0 radical (unpaired) electrons. The van der Waals surface area contributed by atoms with Gasteiger partial charge in [-0.15, -0.1) is 11.8 Å². The molecule has 6 rings (SSSR count). The van der Waals surface area contributed by atoms with Crippen molar-refractivity contribution < 1.29 is 30.4 Å².